The maximum Gasteiger partial charge on any atom is 0.248 e. The number of rotatable bonds is 3. The third-order valence-corrected chi connectivity index (χ3v) is 3.92. The molecule has 0 aliphatic carbocycles. The van der Waals surface area contributed by atoms with Crippen molar-refractivity contribution in [1.82, 2.24) is 9.97 Å². The van der Waals surface area contributed by atoms with Crippen LogP contribution in [0.1, 0.15) is 25.6 Å². The van der Waals surface area contributed by atoms with Gasteiger partial charge in [0.25, 0.3) is 0 Å². The van der Waals surface area contributed by atoms with Crippen LogP contribution in [0.2, 0.25) is 0 Å². The zero-order chi connectivity index (χ0) is 15.5. The van der Waals surface area contributed by atoms with E-state index < -0.39 is 0 Å². The first-order valence-electron chi connectivity index (χ1n) is 7.75. The molecule has 1 saturated heterocycles. The molecule has 2 aromatic rings. The molecule has 0 bridgehead atoms. The predicted molar refractivity (Wildman–Crippen MR) is 88.3 cm³/mol. The van der Waals surface area contributed by atoms with E-state index in [0.29, 0.717) is 23.3 Å². The summed E-state index contributed by atoms with van der Waals surface area (Å²) in [4.78, 5) is 11.1. The average Bonchev–Trinajstić information content (AvgIpc) is 2.51. The van der Waals surface area contributed by atoms with Crippen molar-refractivity contribution in [2.75, 3.05) is 23.7 Å². The van der Waals surface area contributed by atoms with E-state index in [-0.39, 0.29) is 0 Å². The minimum atomic E-state index is 0.437. The van der Waals surface area contributed by atoms with Gasteiger partial charge in [-0.25, -0.2) is 4.98 Å². The Bertz CT molecular complexity index is 645. The molecule has 1 unspecified atom stereocenters. The Morgan fingerprint density at radius 1 is 1.23 bits per heavy atom. The van der Waals surface area contributed by atoms with E-state index in [1.807, 2.05) is 37.3 Å². The predicted octanol–water partition coefficient (Wildman–Crippen LogP) is 3.40. The number of aryl methyl sites for hydroxylation is 1. The number of benzene rings is 1. The van der Waals surface area contributed by atoms with Crippen molar-refractivity contribution in [3.8, 4) is 11.6 Å². The lowest BCUT2D eigenvalue weighted by molar-refractivity contribution is 0.440. The fraction of sp³-hybridized carbons (Fsp3) is 0.412. The van der Waals surface area contributed by atoms with Crippen molar-refractivity contribution in [3.63, 3.8) is 0 Å². The number of hydrogen-bond acceptors (Lipinski definition) is 5. The summed E-state index contributed by atoms with van der Waals surface area (Å²) >= 11 is 0. The fourth-order valence-electron chi connectivity index (χ4n) is 2.84. The van der Waals surface area contributed by atoms with E-state index in [2.05, 4.69) is 21.8 Å². The summed E-state index contributed by atoms with van der Waals surface area (Å²) in [5, 5.41) is 0. The average molecular weight is 298 g/mol. The van der Waals surface area contributed by atoms with Gasteiger partial charge in [0.05, 0.1) is 0 Å². The summed E-state index contributed by atoms with van der Waals surface area (Å²) in [5.41, 5.74) is 6.80. The fourth-order valence-corrected chi connectivity index (χ4v) is 2.84. The van der Waals surface area contributed by atoms with E-state index in [4.69, 9.17) is 10.5 Å². The molecule has 3 rings (SSSR count). The van der Waals surface area contributed by atoms with Crippen molar-refractivity contribution in [1.29, 1.82) is 0 Å². The highest BCUT2D eigenvalue weighted by molar-refractivity contribution is 5.68. The van der Waals surface area contributed by atoms with Crippen molar-refractivity contribution < 1.29 is 4.74 Å². The molecule has 0 radical (unpaired) electrons. The molecule has 2 heterocycles. The highest BCUT2D eigenvalue weighted by atomic mass is 16.5. The van der Waals surface area contributed by atoms with Gasteiger partial charge >= 0.3 is 0 Å². The van der Waals surface area contributed by atoms with Gasteiger partial charge in [-0.3, -0.25) is 0 Å². The normalized spacial score (nSPS) is 18.3. The van der Waals surface area contributed by atoms with Gasteiger partial charge in [0.15, 0.2) is 5.82 Å². The van der Waals surface area contributed by atoms with Gasteiger partial charge < -0.3 is 15.4 Å². The lowest BCUT2D eigenvalue weighted by Gasteiger charge is -2.32. The van der Waals surface area contributed by atoms with E-state index in [1.54, 1.807) is 0 Å². The van der Waals surface area contributed by atoms with E-state index in [0.717, 1.165) is 24.7 Å². The minimum absolute atomic E-state index is 0.437. The summed E-state index contributed by atoms with van der Waals surface area (Å²) in [7, 11) is 0. The molecule has 0 saturated carbocycles. The molecule has 116 valence electrons. The molecular formula is C17H22N4O. The summed E-state index contributed by atoms with van der Waals surface area (Å²) < 4.78 is 5.85. The van der Waals surface area contributed by atoms with Crippen LogP contribution in [0.25, 0.3) is 0 Å². The summed E-state index contributed by atoms with van der Waals surface area (Å²) in [6.07, 6.45) is 2.42. The van der Waals surface area contributed by atoms with Crippen LogP contribution in [0.5, 0.6) is 11.6 Å². The largest absolute Gasteiger partial charge is 0.437 e. The van der Waals surface area contributed by atoms with E-state index in [1.165, 1.54) is 12.8 Å². The van der Waals surface area contributed by atoms with Gasteiger partial charge in [-0.2, -0.15) is 4.98 Å². The molecule has 0 amide bonds. The smallest absolute Gasteiger partial charge is 0.248 e. The Labute approximate surface area is 131 Å². The van der Waals surface area contributed by atoms with Crippen LogP contribution < -0.4 is 15.4 Å². The van der Waals surface area contributed by atoms with Crippen molar-refractivity contribution in [2.45, 2.75) is 26.7 Å². The van der Waals surface area contributed by atoms with Crippen LogP contribution in [0.4, 0.5) is 11.5 Å². The first kappa shape index (κ1) is 14.6. The minimum Gasteiger partial charge on any atom is -0.437 e. The zero-order valence-electron chi connectivity index (χ0n) is 13.1. The number of anilines is 2. The van der Waals surface area contributed by atoms with E-state index >= 15 is 0 Å². The van der Waals surface area contributed by atoms with Crippen LogP contribution in [0.3, 0.4) is 0 Å². The van der Waals surface area contributed by atoms with Crippen molar-refractivity contribution >= 4 is 11.5 Å². The molecule has 5 nitrogen and oxygen atoms in total. The Kier molecular flexibility index (Phi) is 4.13. The number of nitrogen functional groups attached to an aromatic ring is 1. The quantitative estimate of drug-likeness (QED) is 0.941. The Morgan fingerprint density at radius 3 is 2.73 bits per heavy atom. The Morgan fingerprint density at radius 2 is 2.00 bits per heavy atom. The number of nitrogens with zero attached hydrogens (tertiary/aromatic N) is 3. The van der Waals surface area contributed by atoms with Gasteiger partial charge in [-0.05, 0) is 37.8 Å². The SMILES string of the molecule is Cc1nc(Oc2ccccc2)c(N)c(N2CCCC(C)C2)n1. The number of nitrogens with two attached hydrogens (primary N) is 1. The Hall–Kier alpha value is -2.30. The summed E-state index contributed by atoms with van der Waals surface area (Å²) in [6, 6.07) is 9.57. The number of para-hydroxylation sites is 1. The van der Waals surface area contributed by atoms with E-state index in [9.17, 15) is 0 Å². The van der Waals surface area contributed by atoms with Gasteiger partial charge in [0.1, 0.15) is 17.3 Å². The van der Waals surface area contributed by atoms with Crippen molar-refractivity contribution in [2.24, 2.45) is 5.92 Å². The third kappa shape index (κ3) is 3.13. The van der Waals surface area contributed by atoms with Crippen LogP contribution in [0.15, 0.2) is 30.3 Å². The molecule has 1 fully saturated rings. The monoisotopic (exact) mass is 298 g/mol. The molecule has 1 aliphatic heterocycles. The molecular weight excluding hydrogens is 276 g/mol. The lowest BCUT2D eigenvalue weighted by Crippen LogP contribution is -2.35. The zero-order valence-corrected chi connectivity index (χ0v) is 13.1. The van der Waals surface area contributed by atoms with Crippen LogP contribution in [-0.4, -0.2) is 23.1 Å². The van der Waals surface area contributed by atoms with Gasteiger partial charge in [0, 0.05) is 13.1 Å². The number of piperidine rings is 1. The van der Waals surface area contributed by atoms with Gasteiger partial charge in [-0.15, -0.1) is 0 Å². The maximum absolute atomic E-state index is 6.28. The molecule has 5 heteroatoms. The van der Waals surface area contributed by atoms with Gasteiger partial charge in [-0.1, -0.05) is 25.1 Å². The third-order valence-electron chi connectivity index (χ3n) is 3.92. The summed E-state index contributed by atoms with van der Waals surface area (Å²) in [5.74, 6) is 3.29. The molecule has 0 spiro atoms. The molecule has 2 N–H and O–H groups in total. The van der Waals surface area contributed by atoms with Crippen LogP contribution in [-0.2, 0) is 0 Å². The second-order valence-corrected chi connectivity index (χ2v) is 5.92. The highest BCUT2D eigenvalue weighted by Gasteiger charge is 2.22. The number of aromatic nitrogens is 2. The Balaban J connectivity index is 1.91. The second kappa shape index (κ2) is 6.22. The summed E-state index contributed by atoms with van der Waals surface area (Å²) in [6.45, 7) is 6.09. The molecule has 1 aromatic heterocycles. The van der Waals surface area contributed by atoms with Crippen molar-refractivity contribution in [3.05, 3.63) is 36.2 Å². The first-order chi connectivity index (χ1) is 10.6. The molecule has 1 aliphatic rings. The van der Waals surface area contributed by atoms with Crippen LogP contribution in [0, 0.1) is 12.8 Å². The molecule has 1 aromatic carbocycles. The maximum atomic E-state index is 6.28. The first-order valence-corrected chi connectivity index (χ1v) is 7.75. The highest BCUT2D eigenvalue weighted by Crippen LogP contribution is 2.34. The lowest BCUT2D eigenvalue weighted by atomic mass is 10.0. The van der Waals surface area contributed by atoms with Gasteiger partial charge in [0.2, 0.25) is 5.88 Å². The topological polar surface area (TPSA) is 64.3 Å². The molecule has 1 atom stereocenters. The second-order valence-electron chi connectivity index (χ2n) is 5.92. The number of ether oxygens (including phenoxy) is 1. The standard InChI is InChI=1S/C17H22N4O/c1-12-7-6-10-21(11-12)16-15(18)17(20-13(2)19-16)22-14-8-4-3-5-9-14/h3-5,8-9,12H,6-7,10-11,18H2,1-2H3. The van der Waals surface area contributed by atoms with Crippen LogP contribution >= 0.6 is 0 Å². The number of hydrogen-bond donors (Lipinski definition) is 1. The molecule has 22 heavy (non-hydrogen) atoms.